The molecule has 21 heavy (non-hydrogen) atoms. The van der Waals surface area contributed by atoms with E-state index < -0.39 is 21.1 Å². The molecule has 2 N–H and O–H groups in total. The maximum absolute atomic E-state index is 12.7. The fourth-order valence-electron chi connectivity index (χ4n) is 2.03. The number of rotatable bonds is 4. The Bertz CT molecular complexity index is 733. The monoisotopic (exact) mass is 343 g/mol. The first-order valence-corrected chi connectivity index (χ1v) is 8.63. The molecule has 0 aromatic heterocycles. The van der Waals surface area contributed by atoms with Gasteiger partial charge in [-0.3, -0.25) is 0 Å². The van der Waals surface area contributed by atoms with Crippen LogP contribution in [0.25, 0.3) is 0 Å². The minimum Gasteiger partial charge on any atom is -0.323 e. The van der Waals surface area contributed by atoms with Crippen molar-refractivity contribution < 1.29 is 8.42 Å². The number of sulfone groups is 1. The van der Waals surface area contributed by atoms with E-state index in [4.69, 9.17) is 28.9 Å². The van der Waals surface area contributed by atoms with Gasteiger partial charge in [-0.2, -0.15) is 0 Å². The van der Waals surface area contributed by atoms with E-state index >= 15 is 0 Å². The van der Waals surface area contributed by atoms with Crippen LogP contribution in [0, 0.1) is 0 Å². The van der Waals surface area contributed by atoms with E-state index in [0.717, 1.165) is 5.56 Å². The highest BCUT2D eigenvalue weighted by Crippen LogP contribution is 2.31. The summed E-state index contributed by atoms with van der Waals surface area (Å²) in [6.07, 6.45) is 0. The summed E-state index contributed by atoms with van der Waals surface area (Å²) in [7, 11) is -3.68. The summed E-state index contributed by atoms with van der Waals surface area (Å²) in [5.41, 5.74) is 6.85. The van der Waals surface area contributed by atoms with Gasteiger partial charge in [0.05, 0.1) is 15.2 Å². The molecular formula is C15H15Cl2NO2S. The highest BCUT2D eigenvalue weighted by Gasteiger charge is 2.31. The van der Waals surface area contributed by atoms with Crippen LogP contribution in [0.2, 0.25) is 10.0 Å². The smallest absolute Gasteiger partial charge is 0.184 e. The molecule has 0 fully saturated rings. The van der Waals surface area contributed by atoms with Gasteiger partial charge in [0.1, 0.15) is 0 Å². The van der Waals surface area contributed by atoms with Crippen molar-refractivity contribution in [2.75, 3.05) is 0 Å². The standard InChI is InChI=1S/C15H15Cl2NO2S/c1-10(15(18)11-5-3-2-4-6-11)21(19,20)14-9-12(16)7-8-13(14)17/h2-10,15H,18H2,1H3. The van der Waals surface area contributed by atoms with Crippen molar-refractivity contribution in [2.45, 2.75) is 23.1 Å². The first-order chi connectivity index (χ1) is 9.84. The van der Waals surface area contributed by atoms with Crippen LogP contribution in [0.1, 0.15) is 18.5 Å². The van der Waals surface area contributed by atoms with E-state index in [1.54, 1.807) is 25.1 Å². The van der Waals surface area contributed by atoms with Crippen LogP contribution in [0.3, 0.4) is 0 Å². The molecule has 0 bridgehead atoms. The number of nitrogens with two attached hydrogens (primary N) is 1. The third-order valence-corrected chi connectivity index (χ3v) is 6.28. The fraction of sp³-hybridized carbons (Fsp3) is 0.200. The predicted molar refractivity (Wildman–Crippen MR) is 86.5 cm³/mol. The van der Waals surface area contributed by atoms with E-state index in [9.17, 15) is 8.42 Å². The molecule has 0 aliphatic heterocycles. The van der Waals surface area contributed by atoms with Crippen LogP contribution in [0.4, 0.5) is 0 Å². The summed E-state index contributed by atoms with van der Waals surface area (Å²) in [5, 5.41) is -0.360. The number of hydrogen-bond donors (Lipinski definition) is 1. The molecule has 2 unspecified atom stereocenters. The summed E-state index contributed by atoms with van der Waals surface area (Å²) in [6, 6.07) is 12.8. The molecule has 0 amide bonds. The van der Waals surface area contributed by atoms with Crippen molar-refractivity contribution in [3.63, 3.8) is 0 Å². The van der Waals surface area contributed by atoms with Crippen LogP contribution in [0.5, 0.6) is 0 Å². The third kappa shape index (κ3) is 3.40. The molecular weight excluding hydrogens is 329 g/mol. The Hall–Kier alpha value is -1.07. The molecule has 3 nitrogen and oxygen atoms in total. The SMILES string of the molecule is CC(C(N)c1ccccc1)S(=O)(=O)c1cc(Cl)ccc1Cl. The maximum atomic E-state index is 12.7. The average molecular weight is 344 g/mol. The van der Waals surface area contributed by atoms with Gasteiger partial charge in [-0.05, 0) is 30.7 Å². The minimum atomic E-state index is -3.68. The first kappa shape index (κ1) is 16.3. The van der Waals surface area contributed by atoms with Crippen LogP contribution in [0.15, 0.2) is 53.4 Å². The highest BCUT2D eigenvalue weighted by molar-refractivity contribution is 7.92. The van der Waals surface area contributed by atoms with Crippen molar-refractivity contribution in [3.8, 4) is 0 Å². The molecule has 0 spiro atoms. The van der Waals surface area contributed by atoms with E-state index in [1.807, 2.05) is 18.2 Å². The molecule has 6 heteroatoms. The Labute approximate surface area is 134 Å². The van der Waals surface area contributed by atoms with Crippen molar-refractivity contribution >= 4 is 33.0 Å². The quantitative estimate of drug-likeness (QED) is 0.916. The van der Waals surface area contributed by atoms with Gasteiger partial charge >= 0.3 is 0 Å². The Morgan fingerprint density at radius 3 is 2.29 bits per heavy atom. The van der Waals surface area contributed by atoms with Gasteiger partial charge in [-0.1, -0.05) is 53.5 Å². The zero-order valence-corrected chi connectivity index (χ0v) is 13.7. The minimum absolute atomic E-state index is 0.00977. The molecule has 2 aromatic rings. The van der Waals surface area contributed by atoms with Crippen LogP contribution < -0.4 is 5.73 Å². The second kappa shape index (κ2) is 6.36. The third-order valence-electron chi connectivity index (χ3n) is 3.38. The lowest BCUT2D eigenvalue weighted by Gasteiger charge is -2.21. The van der Waals surface area contributed by atoms with E-state index in [2.05, 4.69) is 0 Å². The summed E-state index contributed by atoms with van der Waals surface area (Å²) in [4.78, 5) is 0.00977. The lowest BCUT2D eigenvalue weighted by molar-refractivity contribution is 0.565. The van der Waals surface area contributed by atoms with Gasteiger partial charge in [0, 0.05) is 11.1 Å². The topological polar surface area (TPSA) is 60.2 Å². The Kier molecular flexibility index (Phi) is 4.94. The van der Waals surface area contributed by atoms with Crippen molar-refractivity contribution in [1.82, 2.24) is 0 Å². The summed E-state index contributed by atoms with van der Waals surface area (Å²) >= 11 is 11.9. The van der Waals surface area contributed by atoms with Gasteiger partial charge < -0.3 is 5.73 Å². The molecule has 0 aliphatic rings. The lowest BCUT2D eigenvalue weighted by Crippen LogP contribution is -2.31. The van der Waals surface area contributed by atoms with E-state index in [1.165, 1.54) is 12.1 Å². The van der Waals surface area contributed by atoms with Crippen molar-refractivity contribution in [3.05, 3.63) is 64.1 Å². The maximum Gasteiger partial charge on any atom is 0.184 e. The van der Waals surface area contributed by atoms with Crippen molar-refractivity contribution in [2.24, 2.45) is 5.73 Å². The van der Waals surface area contributed by atoms with Crippen LogP contribution >= 0.6 is 23.2 Å². The molecule has 2 rings (SSSR count). The van der Waals surface area contributed by atoms with Gasteiger partial charge in [-0.25, -0.2) is 8.42 Å². The van der Waals surface area contributed by atoms with Crippen LogP contribution in [-0.2, 0) is 9.84 Å². The largest absolute Gasteiger partial charge is 0.323 e. The van der Waals surface area contributed by atoms with Gasteiger partial charge in [0.2, 0.25) is 0 Å². The summed E-state index contributed by atoms with van der Waals surface area (Å²) in [6.45, 7) is 1.57. The van der Waals surface area contributed by atoms with E-state index in [-0.39, 0.29) is 9.92 Å². The van der Waals surface area contributed by atoms with Crippen molar-refractivity contribution in [1.29, 1.82) is 0 Å². The van der Waals surface area contributed by atoms with Gasteiger partial charge in [0.15, 0.2) is 9.84 Å². The predicted octanol–water partition coefficient (Wildman–Crippen LogP) is 3.86. The molecule has 0 aliphatic carbocycles. The number of hydrogen-bond acceptors (Lipinski definition) is 3. The number of halogens is 2. The zero-order valence-electron chi connectivity index (χ0n) is 11.3. The zero-order chi connectivity index (χ0) is 15.6. The van der Waals surface area contributed by atoms with Gasteiger partial charge in [-0.15, -0.1) is 0 Å². The Morgan fingerprint density at radius 2 is 1.67 bits per heavy atom. The molecule has 0 radical (unpaired) electrons. The average Bonchev–Trinajstić information content (AvgIpc) is 2.49. The van der Waals surface area contributed by atoms with Crippen LogP contribution in [-0.4, -0.2) is 13.7 Å². The fourth-order valence-corrected chi connectivity index (χ4v) is 4.29. The second-order valence-electron chi connectivity index (χ2n) is 4.76. The number of benzene rings is 2. The molecule has 2 aromatic carbocycles. The Morgan fingerprint density at radius 1 is 1.05 bits per heavy atom. The molecule has 0 heterocycles. The lowest BCUT2D eigenvalue weighted by atomic mass is 10.1. The summed E-state index contributed by atoms with van der Waals surface area (Å²) < 4.78 is 25.4. The summed E-state index contributed by atoms with van der Waals surface area (Å²) in [5.74, 6) is 0. The molecule has 0 saturated carbocycles. The second-order valence-corrected chi connectivity index (χ2v) is 7.88. The van der Waals surface area contributed by atoms with E-state index in [0.29, 0.717) is 5.02 Å². The molecule has 2 atom stereocenters. The first-order valence-electron chi connectivity index (χ1n) is 6.33. The Balaban J connectivity index is 2.41. The highest BCUT2D eigenvalue weighted by atomic mass is 35.5. The van der Waals surface area contributed by atoms with Gasteiger partial charge in [0.25, 0.3) is 0 Å². The molecule has 112 valence electrons. The molecule has 0 saturated heterocycles. The normalized spacial score (nSPS) is 14.7.